The van der Waals surface area contributed by atoms with Gasteiger partial charge in [0, 0.05) is 43.6 Å². The van der Waals surface area contributed by atoms with Crippen molar-refractivity contribution < 1.29 is 20.1 Å². The zero-order valence-corrected chi connectivity index (χ0v) is 19.5. The molecule has 1 radical (unpaired) electrons. The Morgan fingerprint density at radius 1 is 0.781 bits per heavy atom. The van der Waals surface area contributed by atoms with Crippen LogP contribution < -0.4 is 0 Å². The number of benzene rings is 4. The van der Waals surface area contributed by atoms with Crippen molar-refractivity contribution in [2.24, 2.45) is 0 Å². The van der Waals surface area contributed by atoms with Crippen LogP contribution in [0.1, 0.15) is 0 Å². The molecule has 4 aromatic carbocycles. The summed E-state index contributed by atoms with van der Waals surface area (Å²) in [6.07, 6.45) is 3.77. The number of para-hydroxylation sites is 1. The molecule has 32 heavy (non-hydrogen) atoms. The van der Waals surface area contributed by atoms with Crippen LogP contribution in [-0.4, -0.2) is 9.55 Å². The van der Waals surface area contributed by atoms with Crippen molar-refractivity contribution in [2.75, 3.05) is 0 Å². The van der Waals surface area contributed by atoms with Crippen molar-refractivity contribution in [2.45, 2.75) is 0 Å². The average Bonchev–Trinajstić information content (AvgIpc) is 3.34. The van der Waals surface area contributed by atoms with Crippen LogP contribution in [0.2, 0.25) is 0 Å². The topological polar surface area (TPSA) is 22.2 Å². The smallest absolute Gasteiger partial charge is 0.109 e. The minimum atomic E-state index is 0. The summed E-state index contributed by atoms with van der Waals surface area (Å²) in [5.74, 6) is 0.756. The van der Waals surface area contributed by atoms with Gasteiger partial charge in [0.2, 0.25) is 0 Å². The first kappa shape index (κ1) is 21.5. The Balaban J connectivity index is 0.00000245. The average molecular weight is 589 g/mol. The zero-order chi connectivity index (χ0) is 21.0. The van der Waals surface area contributed by atoms with E-state index in [0.29, 0.717) is 5.69 Å². The Hall–Kier alpha value is -3.77. The van der Waals surface area contributed by atoms with E-state index in [1.165, 1.54) is 0 Å². The molecule has 5 aromatic rings. The molecule has 4 heteroatoms. The maximum absolute atomic E-state index is 7.36. The molecule has 0 amide bonds. The summed E-state index contributed by atoms with van der Waals surface area (Å²) in [7, 11) is 0. The van der Waals surface area contributed by atoms with Crippen LogP contribution in [0.5, 0.6) is 0 Å². The normalized spacial score (nSPS) is 10.2. The van der Waals surface area contributed by atoms with Crippen molar-refractivity contribution in [1.29, 1.82) is 0 Å². The van der Waals surface area contributed by atoms with Gasteiger partial charge in [-0.2, -0.15) is 6.07 Å². The molecule has 0 aliphatic heterocycles. The Morgan fingerprint density at radius 3 is 2.00 bits per heavy atom. The predicted octanol–water partition coefficient (Wildman–Crippen LogP) is 7.22. The van der Waals surface area contributed by atoms with Crippen LogP contribution >= 0.6 is 0 Å². The molecule has 0 saturated heterocycles. The summed E-state index contributed by atoms with van der Waals surface area (Å²) in [5, 5.41) is 0. The molecule has 3 nitrogen and oxygen atoms in total. The van der Waals surface area contributed by atoms with Gasteiger partial charge in [-0.05, 0) is 11.1 Å². The molecular weight excluding hydrogens is 571 g/mol. The number of rotatable bonds is 4. The number of hydrogen-bond donors (Lipinski definition) is 0. The molecule has 0 spiro atoms. The van der Waals surface area contributed by atoms with E-state index in [1.807, 2.05) is 24.4 Å². The SMILES string of the molecule is [C-]#[N+]c1cc[c-]c(-c2nccn2-c2c(-c3ccccc3)cccc2-c2ccccc2)c1.[Ir]. The van der Waals surface area contributed by atoms with E-state index < -0.39 is 0 Å². The van der Waals surface area contributed by atoms with Gasteiger partial charge in [0.25, 0.3) is 0 Å². The second-order valence-corrected chi connectivity index (χ2v) is 7.13. The third-order valence-corrected chi connectivity index (χ3v) is 5.24. The maximum atomic E-state index is 7.36. The molecule has 1 heterocycles. The van der Waals surface area contributed by atoms with Crippen molar-refractivity contribution in [3.05, 3.63) is 127 Å². The van der Waals surface area contributed by atoms with Gasteiger partial charge >= 0.3 is 0 Å². The Labute approximate surface area is 201 Å². The molecule has 1 aromatic heterocycles. The second-order valence-electron chi connectivity index (χ2n) is 7.13. The number of hydrogen-bond acceptors (Lipinski definition) is 1. The first-order chi connectivity index (χ1) is 15.3. The summed E-state index contributed by atoms with van der Waals surface area (Å²) < 4.78 is 2.10. The molecule has 0 fully saturated rings. The first-order valence-corrected chi connectivity index (χ1v) is 10.0. The molecule has 0 atom stereocenters. The standard InChI is InChI=1S/C28H18N3.Ir/c1-29-24-15-8-14-23(20-24)28-30-18-19-31(28)27-25(21-10-4-2-5-11-21)16-9-17-26(27)22-12-6-3-7-13-22;/h2-13,15-20H;/q-1;. The van der Waals surface area contributed by atoms with Crippen LogP contribution in [0, 0.1) is 12.6 Å². The van der Waals surface area contributed by atoms with Gasteiger partial charge in [-0.15, -0.1) is 23.8 Å². The molecular formula is C28H18IrN3-. The van der Waals surface area contributed by atoms with E-state index in [1.54, 1.807) is 18.3 Å². The molecule has 0 N–H and O–H groups in total. The number of aromatic nitrogens is 2. The quantitative estimate of drug-likeness (QED) is 0.203. The largest absolute Gasteiger partial charge is 0.339 e. The third-order valence-electron chi connectivity index (χ3n) is 5.24. The van der Waals surface area contributed by atoms with E-state index in [0.717, 1.165) is 39.3 Å². The molecule has 0 unspecified atom stereocenters. The van der Waals surface area contributed by atoms with Crippen LogP contribution in [0.25, 0.3) is 44.2 Å². The molecule has 0 aliphatic rings. The van der Waals surface area contributed by atoms with Gasteiger partial charge in [0.15, 0.2) is 0 Å². The van der Waals surface area contributed by atoms with E-state index >= 15 is 0 Å². The first-order valence-electron chi connectivity index (χ1n) is 10.0. The second kappa shape index (κ2) is 9.58. The Bertz CT molecular complexity index is 1330. The summed E-state index contributed by atoms with van der Waals surface area (Å²) >= 11 is 0. The summed E-state index contributed by atoms with van der Waals surface area (Å²) in [5.41, 5.74) is 6.91. The van der Waals surface area contributed by atoms with E-state index in [9.17, 15) is 0 Å². The molecule has 155 valence electrons. The number of nitrogens with zero attached hydrogens (tertiary/aromatic N) is 3. The van der Waals surface area contributed by atoms with Gasteiger partial charge in [0.05, 0.1) is 18.1 Å². The third kappa shape index (κ3) is 4.05. The van der Waals surface area contributed by atoms with Crippen molar-refractivity contribution >= 4 is 5.69 Å². The van der Waals surface area contributed by atoms with Crippen LogP contribution in [-0.2, 0) is 20.1 Å². The van der Waals surface area contributed by atoms with E-state index in [4.69, 9.17) is 6.57 Å². The van der Waals surface area contributed by atoms with Crippen molar-refractivity contribution in [3.8, 4) is 39.3 Å². The van der Waals surface area contributed by atoms with E-state index in [2.05, 4.69) is 87.2 Å². The molecule has 5 rings (SSSR count). The molecule has 0 aliphatic carbocycles. The summed E-state index contributed by atoms with van der Waals surface area (Å²) in [6, 6.07) is 35.7. The fourth-order valence-corrected chi connectivity index (χ4v) is 3.84. The fourth-order valence-electron chi connectivity index (χ4n) is 3.84. The minimum absolute atomic E-state index is 0. The summed E-state index contributed by atoms with van der Waals surface area (Å²) in [6.45, 7) is 7.36. The Kier molecular flexibility index (Phi) is 6.42. The van der Waals surface area contributed by atoms with Crippen LogP contribution in [0.3, 0.4) is 0 Å². The van der Waals surface area contributed by atoms with E-state index in [-0.39, 0.29) is 20.1 Å². The van der Waals surface area contributed by atoms with Crippen LogP contribution in [0.4, 0.5) is 5.69 Å². The van der Waals surface area contributed by atoms with Crippen molar-refractivity contribution in [3.63, 3.8) is 0 Å². The van der Waals surface area contributed by atoms with Gasteiger partial charge < -0.3 is 4.57 Å². The van der Waals surface area contributed by atoms with Gasteiger partial charge in [0.1, 0.15) is 5.69 Å². The molecule has 0 bridgehead atoms. The predicted molar refractivity (Wildman–Crippen MR) is 125 cm³/mol. The van der Waals surface area contributed by atoms with Crippen LogP contribution in [0.15, 0.2) is 109 Å². The fraction of sp³-hybridized carbons (Fsp3) is 0. The zero-order valence-electron chi connectivity index (χ0n) is 17.1. The minimum Gasteiger partial charge on any atom is -0.339 e. The van der Waals surface area contributed by atoms with Gasteiger partial charge in [-0.3, -0.25) is 9.83 Å². The molecule has 0 saturated carbocycles. The maximum Gasteiger partial charge on any atom is 0.109 e. The Morgan fingerprint density at radius 2 is 1.41 bits per heavy atom. The van der Waals surface area contributed by atoms with Crippen molar-refractivity contribution in [1.82, 2.24) is 9.55 Å². The van der Waals surface area contributed by atoms with Gasteiger partial charge in [-0.25, -0.2) is 0 Å². The van der Waals surface area contributed by atoms with Gasteiger partial charge in [-0.1, -0.05) is 78.9 Å². The summed E-state index contributed by atoms with van der Waals surface area (Å²) in [4.78, 5) is 8.20. The number of imidazole rings is 1. The monoisotopic (exact) mass is 589 g/mol.